The fourth-order valence-corrected chi connectivity index (χ4v) is 3.92. The predicted octanol–water partition coefficient (Wildman–Crippen LogP) is 3.86. The molecule has 1 fully saturated rings. The molecule has 1 aromatic carbocycles. The molecule has 0 atom stereocenters. The number of hydrogen-bond donors (Lipinski definition) is 1. The van der Waals surface area contributed by atoms with Gasteiger partial charge in [0.1, 0.15) is 0 Å². The highest BCUT2D eigenvalue weighted by molar-refractivity contribution is 6.68. The lowest BCUT2D eigenvalue weighted by Crippen LogP contribution is -2.39. The molecule has 3 rings (SSSR count). The topological polar surface area (TPSA) is 58.1 Å². The first-order valence-corrected chi connectivity index (χ1v) is 8.95. The molecule has 1 saturated heterocycles. The molecule has 0 spiro atoms. The summed E-state index contributed by atoms with van der Waals surface area (Å²) in [7, 11) is 0. The molecule has 0 radical (unpaired) electrons. The monoisotopic (exact) mass is 358 g/mol. The van der Waals surface area contributed by atoms with E-state index in [1.165, 1.54) is 0 Å². The van der Waals surface area contributed by atoms with Gasteiger partial charge in [-0.25, -0.2) is 0 Å². The van der Waals surface area contributed by atoms with Crippen molar-refractivity contribution in [3.8, 4) is 0 Å². The summed E-state index contributed by atoms with van der Waals surface area (Å²) in [4.78, 5) is 14.0. The lowest BCUT2D eigenvalue weighted by molar-refractivity contribution is 0.108. The van der Waals surface area contributed by atoms with Crippen molar-refractivity contribution in [2.45, 2.75) is 39.7 Å². The van der Waals surface area contributed by atoms with Crippen LogP contribution in [0.4, 0.5) is 11.5 Å². The summed E-state index contributed by atoms with van der Waals surface area (Å²) in [6.07, 6.45) is 3.71. The van der Waals surface area contributed by atoms with E-state index in [9.17, 15) is 4.79 Å². The SMILES string of the molecule is Cc1cc(C)c(C(=O)Cl)c(C)c1NC1CCN(c2cccnn2)CC1. The molecule has 2 heterocycles. The third-order valence-corrected chi connectivity index (χ3v) is 5.08. The summed E-state index contributed by atoms with van der Waals surface area (Å²) in [6.45, 7) is 7.83. The summed E-state index contributed by atoms with van der Waals surface area (Å²) in [5.41, 5.74) is 4.67. The van der Waals surface area contributed by atoms with Crippen molar-refractivity contribution in [2.24, 2.45) is 0 Å². The summed E-state index contributed by atoms with van der Waals surface area (Å²) in [5, 5.41) is 11.4. The number of carbonyl (C=O) groups excluding carboxylic acids is 1. The number of halogens is 1. The number of rotatable bonds is 4. The van der Waals surface area contributed by atoms with E-state index in [0.717, 1.165) is 54.1 Å². The normalized spacial score (nSPS) is 15.3. The van der Waals surface area contributed by atoms with Crippen LogP contribution in [-0.2, 0) is 0 Å². The first-order chi connectivity index (χ1) is 12.0. The Bertz CT molecular complexity index is 771. The third kappa shape index (κ3) is 3.76. The van der Waals surface area contributed by atoms with Crippen LogP contribution in [-0.4, -0.2) is 34.6 Å². The van der Waals surface area contributed by atoms with E-state index in [4.69, 9.17) is 11.6 Å². The van der Waals surface area contributed by atoms with E-state index in [-0.39, 0.29) is 0 Å². The molecule has 1 N–H and O–H groups in total. The van der Waals surface area contributed by atoms with Crippen molar-refractivity contribution in [1.29, 1.82) is 0 Å². The number of nitrogens with zero attached hydrogens (tertiary/aromatic N) is 3. The molecule has 0 aliphatic carbocycles. The molecule has 25 heavy (non-hydrogen) atoms. The molecule has 1 aliphatic rings. The molecule has 0 unspecified atom stereocenters. The second kappa shape index (κ2) is 7.40. The zero-order valence-electron chi connectivity index (χ0n) is 14.8. The molecule has 1 aliphatic heterocycles. The number of anilines is 2. The summed E-state index contributed by atoms with van der Waals surface area (Å²) in [5.74, 6) is 0.929. The Labute approximate surface area is 153 Å². The number of nitrogens with one attached hydrogen (secondary N) is 1. The number of aromatic nitrogens is 2. The van der Waals surface area contributed by atoms with Crippen molar-refractivity contribution in [3.63, 3.8) is 0 Å². The van der Waals surface area contributed by atoms with Crippen molar-refractivity contribution in [3.05, 3.63) is 46.6 Å². The summed E-state index contributed by atoms with van der Waals surface area (Å²) in [6, 6.07) is 6.30. The second-order valence-corrected chi connectivity index (χ2v) is 6.99. The van der Waals surface area contributed by atoms with Crippen molar-refractivity contribution in [1.82, 2.24) is 10.2 Å². The van der Waals surface area contributed by atoms with Gasteiger partial charge in [0.25, 0.3) is 5.24 Å². The van der Waals surface area contributed by atoms with Gasteiger partial charge in [0.05, 0.1) is 0 Å². The number of aryl methyl sites for hydroxylation is 2. The maximum atomic E-state index is 11.8. The van der Waals surface area contributed by atoms with Gasteiger partial charge in [-0.15, -0.1) is 5.10 Å². The van der Waals surface area contributed by atoms with Gasteiger partial charge in [-0.1, -0.05) is 6.07 Å². The average molecular weight is 359 g/mol. The van der Waals surface area contributed by atoms with E-state index < -0.39 is 5.24 Å². The van der Waals surface area contributed by atoms with E-state index in [0.29, 0.717) is 11.6 Å². The zero-order chi connectivity index (χ0) is 18.0. The van der Waals surface area contributed by atoms with Crippen LogP contribution in [0.1, 0.15) is 39.9 Å². The molecular formula is C19H23ClN4O. The second-order valence-electron chi connectivity index (χ2n) is 6.65. The number of carbonyl (C=O) groups is 1. The van der Waals surface area contributed by atoms with Crippen LogP contribution >= 0.6 is 11.6 Å². The number of piperidine rings is 1. The Hall–Kier alpha value is -2.14. The van der Waals surface area contributed by atoms with Crippen molar-refractivity contribution in [2.75, 3.05) is 23.3 Å². The van der Waals surface area contributed by atoms with Crippen LogP contribution < -0.4 is 10.2 Å². The minimum Gasteiger partial charge on any atom is -0.382 e. The van der Waals surface area contributed by atoms with E-state index in [2.05, 4.69) is 27.3 Å². The van der Waals surface area contributed by atoms with Gasteiger partial charge in [-0.3, -0.25) is 4.79 Å². The van der Waals surface area contributed by atoms with Crippen molar-refractivity contribution >= 4 is 28.3 Å². The largest absolute Gasteiger partial charge is 0.382 e. The maximum absolute atomic E-state index is 11.8. The highest BCUT2D eigenvalue weighted by Gasteiger charge is 2.22. The fourth-order valence-electron chi connectivity index (χ4n) is 3.63. The van der Waals surface area contributed by atoms with Crippen LogP contribution in [0.2, 0.25) is 0 Å². The molecule has 0 amide bonds. The van der Waals surface area contributed by atoms with Gasteiger partial charge < -0.3 is 10.2 Å². The first-order valence-electron chi connectivity index (χ1n) is 8.57. The van der Waals surface area contributed by atoms with Crippen LogP contribution in [0.25, 0.3) is 0 Å². The standard InChI is InChI=1S/C19H23ClN4O/c1-12-11-13(2)18(14(3)17(12)19(20)25)22-15-6-9-24(10-7-15)16-5-4-8-21-23-16/h4-5,8,11,15,22H,6-7,9-10H2,1-3H3. The molecular weight excluding hydrogens is 336 g/mol. The highest BCUT2D eigenvalue weighted by atomic mass is 35.5. The first kappa shape index (κ1) is 17.7. The lowest BCUT2D eigenvalue weighted by Gasteiger charge is -2.34. The number of hydrogen-bond acceptors (Lipinski definition) is 5. The van der Waals surface area contributed by atoms with Gasteiger partial charge >= 0.3 is 0 Å². The molecule has 0 saturated carbocycles. The van der Waals surface area contributed by atoms with Crippen LogP contribution in [0.15, 0.2) is 24.4 Å². The Morgan fingerprint density at radius 3 is 2.56 bits per heavy atom. The maximum Gasteiger partial charge on any atom is 0.253 e. The molecule has 1 aromatic heterocycles. The van der Waals surface area contributed by atoms with Crippen LogP contribution in [0.3, 0.4) is 0 Å². The van der Waals surface area contributed by atoms with Gasteiger partial charge in [0.2, 0.25) is 0 Å². The van der Waals surface area contributed by atoms with Crippen molar-refractivity contribution < 1.29 is 4.79 Å². The summed E-state index contributed by atoms with van der Waals surface area (Å²) >= 11 is 5.78. The molecule has 0 bridgehead atoms. The fraction of sp³-hybridized carbons (Fsp3) is 0.421. The quantitative estimate of drug-likeness (QED) is 0.841. The molecule has 6 heteroatoms. The Kier molecular flexibility index (Phi) is 5.23. The Morgan fingerprint density at radius 2 is 1.96 bits per heavy atom. The molecule has 2 aromatic rings. The third-order valence-electron chi connectivity index (χ3n) is 4.89. The minimum atomic E-state index is -0.393. The molecule has 5 nitrogen and oxygen atoms in total. The van der Waals surface area contributed by atoms with Crippen LogP contribution in [0.5, 0.6) is 0 Å². The van der Waals surface area contributed by atoms with Gasteiger partial charge in [-0.05, 0) is 74.0 Å². The van der Waals surface area contributed by atoms with Crippen LogP contribution in [0, 0.1) is 20.8 Å². The zero-order valence-corrected chi connectivity index (χ0v) is 15.6. The number of benzene rings is 1. The Morgan fingerprint density at radius 1 is 1.24 bits per heavy atom. The van der Waals surface area contributed by atoms with E-state index >= 15 is 0 Å². The minimum absolute atomic E-state index is 0.367. The Balaban J connectivity index is 1.72. The smallest absolute Gasteiger partial charge is 0.253 e. The lowest BCUT2D eigenvalue weighted by atomic mass is 9.96. The van der Waals surface area contributed by atoms with Gasteiger partial charge in [0, 0.05) is 36.6 Å². The summed E-state index contributed by atoms with van der Waals surface area (Å²) < 4.78 is 0. The van der Waals surface area contributed by atoms with E-state index in [1.807, 2.05) is 32.0 Å². The molecule has 132 valence electrons. The van der Waals surface area contributed by atoms with E-state index in [1.54, 1.807) is 6.20 Å². The average Bonchev–Trinajstić information content (AvgIpc) is 2.59. The predicted molar refractivity (Wildman–Crippen MR) is 102 cm³/mol. The van der Waals surface area contributed by atoms with Gasteiger partial charge in [-0.2, -0.15) is 5.10 Å². The highest BCUT2D eigenvalue weighted by Crippen LogP contribution is 2.30. The van der Waals surface area contributed by atoms with Gasteiger partial charge in [0.15, 0.2) is 5.82 Å².